The van der Waals surface area contributed by atoms with Crippen LogP contribution in [0.1, 0.15) is 48.4 Å². The third-order valence-corrected chi connectivity index (χ3v) is 4.81. The van der Waals surface area contributed by atoms with E-state index in [9.17, 15) is 15.2 Å². The molecule has 0 radical (unpaired) electrons. The van der Waals surface area contributed by atoms with E-state index in [0.717, 1.165) is 24.8 Å². The molecule has 136 valence electrons. The van der Waals surface area contributed by atoms with Gasteiger partial charge in [-0.3, -0.25) is 14.4 Å². The van der Waals surface area contributed by atoms with Crippen molar-refractivity contribution in [3.8, 4) is 11.9 Å². The van der Waals surface area contributed by atoms with Crippen LogP contribution in [0.5, 0.6) is 5.88 Å². The highest BCUT2D eigenvalue weighted by atomic mass is 35.5. The van der Waals surface area contributed by atoms with Crippen LogP contribution in [-0.2, 0) is 6.54 Å². The molecule has 0 saturated carbocycles. The topological polar surface area (TPSA) is 78.4 Å². The highest BCUT2D eigenvalue weighted by Gasteiger charge is 2.17. The smallest absolute Gasteiger partial charge is 0.271 e. The predicted molar refractivity (Wildman–Crippen MR) is 105 cm³/mol. The molecule has 1 N–H and O–H groups in total. The van der Waals surface area contributed by atoms with E-state index >= 15 is 0 Å². The summed E-state index contributed by atoms with van der Waals surface area (Å²) in [6.07, 6.45) is 4.17. The zero-order chi connectivity index (χ0) is 19.3. The molecule has 0 aliphatic heterocycles. The molecule has 0 atom stereocenters. The average molecular weight is 372 g/mol. The number of unbranched alkanes of at least 4 members (excludes halogenated alkanes) is 2. The van der Waals surface area contributed by atoms with Crippen LogP contribution < -0.4 is 5.56 Å². The number of aliphatic imine (C=N–C) groups is 1. The van der Waals surface area contributed by atoms with Crippen molar-refractivity contribution in [2.45, 2.75) is 46.6 Å². The number of hydrogen-bond donors (Lipinski definition) is 1. The maximum atomic E-state index is 12.5. The van der Waals surface area contributed by atoms with E-state index in [-0.39, 0.29) is 11.4 Å². The van der Waals surface area contributed by atoms with Crippen molar-refractivity contribution in [3.05, 3.63) is 55.8 Å². The van der Waals surface area contributed by atoms with Gasteiger partial charge < -0.3 is 5.11 Å². The lowest BCUT2D eigenvalue weighted by molar-refractivity contribution is 0.398. The summed E-state index contributed by atoms with van der Waals surface area (Å²) in [4.78, 5) is 16.9. The molecule has 0 aliphatic rings. The molecule has 2 aromatic rings. The van der Waals surface area contributed by atoms with Gasteiger partial charge in [-0.15, -0.1) is 0 Å². The van der Waals surface area contributed by atoms with Gasteiger partial charge in [0, 0.05) is 17.8 Å². The van der Waals surface area contributed by atoms with Gasteiger partial charge in [-0.2, -0.15) is 5.26 Å². The van der Waals surface area contributed by atoms with Gasteiger partial charge in [-0.25, -0.2) is 0 Å². The van der Waals surface area contributed by atoms with E-state index in [1.807, 2.05) is 19.1 Å². The Balaban J connectivity index is 2.55. The first-order valence-electron chi connectivity index (χ1n) is 8.58. The van der Waals surface area contributed by atoms with Crippen LogP contribution in [0, 0.1) is 25.2 Å². The van der Waals surface area contributed by atoms with Crippen LogP contribution in [0.3, 0.4) is 0 Å². The largest absolute Gasteiger partial charge is 0.494 e. The van der Waals surface area contributed by atoms with Crippen molar-refractivity contribution in [2.24, 2.45) is 4.99 Å². The summed E-state index contributed by atoms with van der Waals surface area (Å²) in [6.45, 7) is 5.92. The van der Waals surface area contributed by atoms with E-state index in [1.165, 1.54) is 10.8 Å². The number of benzene rings is 1. The number of nitriles is 1. The summed E-state index contributed by atoms with van der Waals surface area (Å²) in [5.41, 5.74) is 1.85. The zero-order valence-corrected chi connectivity index (χ0v) is 16.0. The van der Waals surface area contributed by atoms with Gasteiger partial charge in [0.15, 0.2) is 0 Å². The number of nitrogens with zero attached hydrogens (tertiary/aromatic N) is 3. The molecule has 0 aliphatic carbocycles. The third-order valence-electron chi connectivity index (χ3n) is 4.40. The van der Waals surface area contributed by atoms with Crippen molar-refractivity contribution in [1.82, 2.24) is 4.57 Å². The molecule has 1 aromatic carbocycles. The monoisotopic (exact) mass is 371 g/mol. The molecular weight excluding hydrogens is 350 g/mol. The maximum Gasteiger partial charge on any atom is 0.271 e. The van der Waals surface area contributed by atoms with Crippen molar-refractivity contribution >= 4 is 23.5 Å². The first kappa shape index (κ1) is 19.7. The molecule has 1 aromatic heterocycles. The lowest BCUT2D eigenvalue weighted by Gasteiger charge is -2.14. The summed E-state index contributed by atoms with van der Waals surface area (Å²) in [5, 5.41) is 20.6. The Morgan fingerprint density at radius 2 is 2.04 bits per heavy atom. The van der Waals surface area contributed by atoms with Gasteiger partial charge in [-0.1, -0.05) is 37.4 Å². The fraction of sp³-hybridized carbons (Fsp3) is 0.350. The highest BCUT2D eigenvalue weighted by molar-refractivity contribution is 6.31. The lowest BCUT2D eigenvalue weighted by atomic mass is 10.1. The van der Waals surface area contributed by atoms with E-state index in [4.69, 9.17) is 11.6 Å². The van der Waals surface area contributed by atoms with Gasteiger partial charge in [-0.05, 0) is 43.5 Å². The quantitative estimate of drug-likeness (QED) is 0.593. The molecule has 0 amide bonds. The molecule has 0 spiro atoms. The van der Waals surface area contributed by atoms with Gasteiger partial charge >= 0.3 is 0 Å². The molecule has 1 heterocycles. The molecule has 0 saturated heterocycles. The molecule has 0 unspecified atom stereocenters. The van der Waals surface area contributed by atoms with Crippen molar-refractivity contribution < 1.29 is 5.11 Å². The van der Waals surface area contributed by atoms with Gasteiger partial charge in [0.05, 0.1) is 11.3 Å². The zero-order valence-electron chi connectivity index (χ0n) is 15.2. The fourth-order valence-electron chi connectivity index (χ4n) is 2.72. The minimum absolute atomic E-state index is 0.0311. The van der Waals surface area contributed by atoms with Crippen LogP contribution in [0.15, 0.2) is 28.0 Å². The van der Waals surface area contributed by atoms with Crippen LogP contribution in [0.25, 0.3) is 0 Å². The van der Waals surface area contributed by atoms with E-state index in [0.29, 0.717) is 28.4 Å². The molecule has 6 heteroatoms. The molecular formula is C20H22ClN3O2. The van der Waals surface area contributed by atoms with Crippen molar-refractivity contribution in [3.63, 3.8) is 0 Å². The summed E-state index contributed by atoms with van der Waals surface area (Å²) in [5.74, 6) is -0.161. The second kappa shape index (κ2) is 8.68. The summed E-state index contributed by atoms with van der Waals surface area (Å²) >= 11 is 6.11. The van der Waals surface area contributed by atoms with E-state index in [1.54, 1.807) is 19.1 Å². The number of hydrogen-bond acceptors (Lipinski definition) is 4. The normalized spacial score (nSPS) is 11.0. The number of aromatic nitrogens is 1. The summed E-state index contributed by atoms with van der Waals surface area (Å²) in [7, 11) is 0. The highest BCUT2D eigenvalue weighted by Crippen LogP contribution is 2.27. The third kappa shape index (κ3) is 3.97. The minimum Gasteiger partial charge on any atom is -0.494 e. The Morgan fingerprint density at radius 1 is 1.31 bits per heavy atom. The van der Waals surface area contributed by atoms with Gasteiger partial charge in [0.25, 0.3) is 5.56 Å². The number of aromatic hydroxyl groups is 1. The Kier molecular flexibility index (Phi) is 6.59. The fourth-order valence-corrected chi connectivity index (χ4v) is 2.89. The van der Waals surface area contributed by atoms with Crippen molar-refractivity contribution in [2.75, 3.05) is 0 Å². The van der Waals surface area contributed by atoms with E-state index < -0.39 is 5.56 Å². The molecule has 26 heavy (non-hydrogen) atoms. The Morgan fingerprint density at radius 3 is 2.69 bits per heavy atom. The first-order valence-corrected chi connectivity index (χ1v) is 8.95. The Labute approximate surface area is 158 Å². The van der Waals surface area contributed by atoms with E-state index in [2.05, 4.69) is 11.9 Å². The first-order chi connectivity index (χ1) is 12.4. The van der Waals surface area contributed by atoms with Gasteiger partial charge in [0.2, 0.25) is 5.88 Å². The molecule has 0 bridgehead atoms. The van der Waals surface area contributed by atoms with Crippen LogP contribution in [-0.4, -0.2) is 15.9 Å². The summed E-state index contributed by atoms with van der Waals surface area (Å²) in [6, 6.07) is 7.34. The Bertz CT molecular complexity index is 940. The molecule has 5 nitrogen and oxygen atoms in total. The van der Waals surface area contributed by atoms with Crippen molar-refractivity contribution in [1.29, 1.82) is 5.26 Å². The average Bonchev–Trinajstić information content (AvgIpc) is 2.61. The van der Waals surface area contributed by atoms with Gasteiger partial charge in [0.1, 0.15) is 11.6 Å². The number of halogens is 1. The van der Waals surface area contributed by atoms with Crippen LogP contribution >= 0.6 is 11.6 Å². The van der Waals surface area contributed by atoms with Crippen LogP contribution in [0.2, 0.25) is 5.02 Å². The SMILES string of the molecule is CCCCCn1c(O)c(C=Nc2cccc(Cl)c2C)c(C)c(C#N)c1=O. The number of rotatable bonds is 6. The molecule has 0 fully saturated rings. The molecule has 2 rings (SSSR count). The standard InChI is InChI=1S/C20H22ClN3O2/c1-4-5-6-10-24-19(25)15(11-22)13(2)16(20(24)26)12-23-18-9-7-8-17(21)14(18)3/h7-9,12,26H,4-6,10H2,1-3H3. The Hall–Kier alpha value is -2.58. The second-order valence-electron chi connectivity index (χ2n) is 6.16. The summed E-state index contributed by atoms with van der Waals surface area (Å²) < 4.78 is 1.26. The maximum absolute atomic E-state index is 12.5. The lowest BCUT2D eigenvalue weighted by Crippen LogP contribution is -2.25. The number of pyridine rings is 1. The minimum atomic E-state index is -0.463. The van der Waals surface area contributed by atoms with Crippen LogP contribution in [0.4, 0.5) is 5.69 Å². The second-order valence-corrected chi connectivity index (χ2v) is 6.56. The predicted octanol–water partition coefficient (Wildman–Crippen LogP) is 4.64.